The van der Waals surface area contributed by atoms with Gasteiger partial charge in [-0.15, -0.1) is 0 Å². The molecule has 0 aliphatic heterocycles. The average Bonchev–Trinajstić information content (AvgIpc) is 2.59. The minimum absolute atomic E-state index is 0.137. The fraction of sp³-hybridized carbons (Fsp3) is 0.368. The zero-order valence-corrected chi connectivity index (χ0v) is 14.9. The van der Waals surface area contributed by atoms with Crippen LogP contribution in [0.1, 0.15) is 43.6 Å². The Morgan fingerprint density at radius 2 is 1.68 bits per heavy atom. The molecule has 0 fully saturated rings. The van der Waals surface area contributed by atoms with Crippen LogP contribution in [0.4, 0.5) is 0 Å². The van der Waals surface area contributed by atoms with E-state index >= 15 is 0 Å². The molecule has 2 aromatic rings. The molecule has 2 atom stereocenters. The van der Waals surface area contributed by atoms with Gasteiger partial charge < -0.3 is 0 Å². The van der Waals surface area contributed by atoms with Crippen molar-refractivity contribution in [3.05, 3.63) is 65.7 Å². The molecule has 0 amide bonds. The van der Waals surface area contributed by atoms with Gasteiger partial charge in [0.15, 0.2) is 0 Å². The molecule has 2 nitrogen and oxygen atoms in total. The summed E-state index contributed by atoms with van der Waals surface area (Å²) in [7, 11) is 0. The van der Waals surface area contributed by atoms with Crippen LogP contribution in [0.5, 0.6) is 0 Å². The Morgan fingerprint density at radius 1 is 1.00 bits per heavy atom. The summed E-state index contributed by atoms with van der Waals surface area (Å²) in [6.45, 7) is 4.77. The molecule has 0 saturated heterocycles. The van der Waals surface area contributed by atoms with Crippen LogP contribution in [-0.4, -0.2) is 26.7 Å². The van der Waals surface area contributed by atoms with Crippen molar-refractivity contribution < 1.29 is 9.84 Å². The van der Waals surface area contributed by atoms with Crippen molar-refractivity contribution in [1.82, 2.24) is 0 Å². The summed E-state index contributed by atoms with van der Waals surface area (Å²) >= 11 is 0.280. The van der Waals surface area contributed by atoms with Gasteiger partial charge in [0.2, 0.25) is 0 Å². The van der Waals surface area contributed by atoms with E-state index in [1.165, 1.54) is 10.0 Å². The normalized spacial score (nSPS) is 13.8. The molecule has 22 heavy (non-hydrogen) atoms. The number of aliphatic hydroxyl groups is 1. The summed E-state index contributed by atoms with van der Waals surface area (Å²) in [6, 6.07) is 18.7. The van der Waals surface area contributed by atoms with E-state index < -0.39 is 0 Å². The molecule has 0 aliphatic carbocycles. The number of hydrogen-bond acceptors (Lipinski definition) is 2. The van der Waals surface area contributed by atoms with Crippen LogP contribution in [-0.2, 0) is 4.74 Å². The number of rotatable bonds is 8. The predicted octanol–water partition coefficient (Wildman–Crippen LogP) is 3.66. The van der Waals surface area contributed by atoms with Gasteiger partial charge in [-0.05, 0) is 0 Å². The molecule has 3 heteroatoms. The molecule has 1 N–H and O–H groups in total. The first-order valence-electron chi connectivity index (χ1n) is 7.82. The third kappa shape index (κ3) is 4.69. The zero-order valence-electron chi connectivity index (χ0n) is 13.2. The second-order valence-electron chi connectivity index (χ2n) is 5.13. The van der Waals surface area contributed by atoms with Crippen LogP contribution in [0.2, 0.25) is 5.32 Å². The van der Waals surface area contributed by atoms with Crippen molar-refractivity contribution >= 4 is 19.4 Å². The van der Waals surface area contributed by atoms with E-state index in [9.17, 15) is 5.11 Å². The van der Waals surface area contributed by atoms with Crippen molar-refractivity contribution in [2.24, 2.45) is 0 Å². The van der Waals surface area contributed by atoms with Gasteiger partial charge in [0, 0.05) is 0 Å². The fourth-order valence-electron chi connectivity index (χ4n) is 2.38. The molecule has 0 spiro atoms. The number of benzene rings is 2. The molecule has 118 valence electrons. The van der Waals surface area contributed by atoms with Gasteiger partial charge in [-0.25, -0.2) is 0 Å². The molecule has 2 aromatic carbocycles. The van der Waals surface area contributed by atoms with Crippen LogP contribution >= 0.6 is 0 Å². The standard InChI is InChI=1S/C19H24O2Se/c1-3-17(20)16-12-8-9-13-19(16)22-14-18(21-4-2)15-10-6-5-7-11-15/h5-13,17-18,20H,3-4,14H2,1-2H3/t17-,18-/m0/s1. The molecule has 0 unspecified atom stereocenters. The van der Waals surface area contributed by atoms with E-state index in [2.05, 4.69) is 36.4 Å². The van der Waals surface area contributed by atoms with Gasteiger partial charge in [0.05, 0.1) is 0 Å². The summed E-state index contributed by atoms with van der Waals surface area (Å²) < 4.78 is 7.21. The van der Waals surface area contributed by atoms with Gasteiger partial charge in [0.1, 0.15) is 0 Å². The van der Waals surface area contributed by atoms with E-state index in [-0.39, 0.29) is 27.2 Å². The third-order valence-corrected chi connectivity index (χ3v) is 6.01. The summed E-state index contributed by atoms with van der Waals surface area (Å²) in [5.74, 6) is 0. The van der Waals surface area contributed by atoms with E-state index in [0.717, 1.165) is 23.9 Å². The van der Waals surface area contributed by atoms with E-state index in [0.29, 0.717) is 0 Å². The first kappa shape index (κ1) is 17.2. The molecular formula is C19H24O2Se. The van der Waals surface area contributed by atoms with Crippen LogP contribution in [0.3, 0.4) is 0 Å². The van der Waals surface area contributed by atoms with Crippen LogP contribution in [0.25, 0.3) is 0 Å². The molecule has 0 heterocycles. The Kier molecular flexibility index (Phi) is 7.14. The maximum atomic E-state index is 10.2. The second-order valence-corrected chi connectivity index (χ2v) is 7.36. The van der Waals surface area contributed by atoms with Crippen LogP contribution in [0, 0.1) is 0 Å². The van der Waals surface area contributed by atoms with Crippen molar-refractivity contribution in [3.8, 4) is 0 Å². The molecular weight excluding hydrogens is 339 g/mol. The van der Waals surface area contributed by atoms with Gasteiger partial charge in [-0.3, -0.25) is 0 Å². The molecule has 0 bridgehead atoms. The SMILES string of the molecule is CCO[C@@H](C[Se]c1ccccc1[C@@H](O)CC)c1ccccc1. The van der Waals surface area contributed by atoms with Gasteiger partial charge in [-0.1, -0.05) is 0 Å². The van der Waals surface area contributed by atoms with Crippen molar-refractivity contribution in [3.63, 3.8) is 0 Å². The van der Waals surface area contributed by atoms with E-state index in [1.807, 2.05) is 32.0 Å². The van der Waals surface area contributed by atoms with Gasteiger partial charge in [-0.2, -0.15) is 0 Å². The van der Waals surface area contributed by atoms with Crippen molar-refractivity contribution in [2.75, 3.05) is 6.61 Å². The topological polar surface area (TPSA) is 29.5 Å². The molecule has 0 saturated carbocycles. The minimum atomic E-state index is -0.361. The number of aliphatic hydroxyl groups excluding tert-OH is 1. The third-order valence-electron chi connectivity index (χ3n) is 3.59. The summed E-state index contributed by atoms with van der Waals surface area (Å²) in [5, 5.41) is 11.2. The van der Waals surface area contributed by atoms with Crippen LogP contribution in [0.15, 0.2) is 54.6 Å². The first-order valence-corrected chi connectivity index (χ1v) is 9.89. The van der Waals surface area contributed by atoms with Crippen molar-refractivity contribution in [2.45, 2.75) is 37.8 Å². The summed E-state index contributed by atoms with van der Waals surface area (Å²) in [5.41, 5.74) is 2.31. The average molecular weight is 363 g/mol. The first-order chi connectivity index (χ1) is 10.8. The predicted molar refractivity (Wildman–Crippen MR) is 92.7 cm³/mol. The van der Waals surface area contributed by atoms with Crippen LogP contribution < -0.4 is 4.46 Å². The second kappa shape index (κ2) is 9.12. The zero-order chi connectivity index (χ0) is 15.8. The summed E-state index contributed by atoms with van der Waals surface area (Å²) in [4.78, 5) is 0. The van der Waals surface area contributed by atoms with Crippen molar-refractivity contribution in [1.29, 1.82) is 0 Å². The maximum absolute atomic E-state index is 10.2. The number of ether oxygens (including phenoxy) is 1. The molecule has 2 rings (SSSR count). The monoisotopic (exact) mass is 364 g/mol. The Balaban J connectivity index is 2.10. The number of hydrogen-bond donors (Lipinski definition) is 1. The molecule has 0 aliphatic rings. The Labute approximate surface area is 139 Å². The molecule has 0 radical (unpaired) electrons. The Hall–Kier alpha value is -1.12. The summed E-state index contributed by atoms with van der Waals surface area (Å²) in [6.07, 6.45) is 0.527. The Bertz CT molecular complexity index is 556. The fourth-order valence-corrected chi connectivity index (χ4v) is 4.83. The molecule has 0 aromatic heterocycles. The van der Waals surface area contributed by atoms with Gasteiger partial charge in [0.25, 0.3) is 0 Å². The Morgan fingerprint density at radius 3 is 2.36 bits per heavy atom. The van der Waals surface area contributed by atoms with Gasteiger partial charge >= 0.3 is 139 Å². The van der Waals surface area contributed by atoms with E-state index in [1.54, 1.807) is 0 Å². The quantitative estimate of drug-likeness (QED) is 0.726. The van der Waals surface area contributed by atoms with E-state index in [4.69, 9.17) is 4.74 Å².